The minimum absolute atomic E-state index is 0.0861. The van der Waals surface area contributed by atoms with Gasteiger partial charge in [-0.25, -0.2) is 4.98 Å². The van der Waals surface area contributed by atoms with Crippen LogP contribution < -0.4 is 5.32 Å². The third-order valence-electron chi connectivity index (χ3n) is 4.90. The van der Waals surface area contributed by atoms with Gasteiger partial charge in [-0.15, -0.1) is 5.11 Å². The first-order valence-corrected chi connectivity index (χ1v) is 9.04. The van der Waals surface area contributed by atoms with Gasteiger partial charge in [0.15, 0.2) is 0 Å². The Hall–Kier alpha value is -3.22. The van der Waals surface area contributed by atoms with Gasteiger partial charge in [-0.1, -0.05) is 6.07 Å². The molecule has 1 aliphatic carbocycles. The van der Waals surface area contributed by atoms with E-state index in [-0.39, 0.29) is 17.9 Å². The second-order valence-electron chi connectivity index (χ2n) is 6.69. The number of anilines is 1. The molecule has 0 aromatic carbocycles. The van der Waals surface area contributed by atoms with Gasteiger partial charge in [-0.05, 0) is 55.0 Å². The lowest BCUT2D eigenvalue weighted by atomic mass is 9.84. The summed E-state index contributed by atoms with van der Waals surface area (Å²) in [6.45, 7) is 0. The van der Waals surface area contributed by atoms with Crippen LogP contribution in [0.25, 0.3) is 0 Å². The highest BCUT2D eigenvalue weighted by Crippen LogP contribution is 2.33. The first-order chi connectivity index (χ1) is 13.2. The summed E-state index contributed by atoms with van der Waals surface area (Å²) in [4.78, 5) is 32.3. The van der Waals surface area contributed by atoms with E-state index in [0.29, 0.717) is 17.8 Å². The largest absolute Gasteiger partial charge is 0.307 e. The fraction of sp³-hybridized carbons (Fsp3) is 0.300. The van der Waals surface area contributed by atoms with Crippen molar-refractivity contribution < 1.29 is 9.59 Å². The lowest BCUT2D eigenvalue weighted by Crippen LogP contribution is -2.23. The standard InChI is InChI=1S/C20H19N5O2/c26-19(14-7-9-21-10-8-14)23-18-6-5-13(12-22-18)11-17-15-3-1-2-4-16(15)20(27)25-24-17/h5-10,12,17H,1-4,11H2,(H,22,23,26). The number of pyridine rings is 2. The molecule has 1 atom stereocenters. The molecule has 136 valence electrons. The SMILES string of the molecule is O=C1N=NC(Cc2ccc(NC(=O)c3ccncc3)nc2)C2=C1CCCC2. The lowest BCUT2D eigenvalue weighted by molar-refractivity contribution is -0.115. The summed E-state index contributed by atoms with van der Waals surface area (Å²) in [6, 6.07) is 6.90. The van der Waals surface area contributed by atoms with Crippen LogP contribution in [-0.2, 0) is 11.2 Å². The molecule has 27 heavy (non-hydrogen) atoms. The number of carbonyl (C=O) groups excluding carboxylic acids is 2. The molecule has 3 heterocycles. The second-order valence-corrected chi connectivity index (χ2v) is 6.69. The first-order valence-electron chi connectivity index (χ1n) is 9.04. The molecule has 4 rings (SSSR count). The Labute approximate surface area is 156 Å². The molecular weight excluding hydrogens is 342 g/mol. The summed E-state index contributed by atoms with van der Waals surface area (Å²) in [5.41, 5.74) is 3.51. The molecular formula is C20H19N5O2. The molecule has 0 bridgehead atoms. The van der Waals surface area contributed by atoms with Gasteiger partial charge in [0, 0.05) is 36.1 Å². The van der Waals surface area contributed by atoms with E-state index in [4.69, 9.17) is 0 Å². The Kier molecular flexibility index (Phi) is 4.82. The summed E-state index contributed by atoms with van der Waals surface area (Å²) in [5, 5.41) is 10.8. The molecule has 0 saturated carbocycles. The van der Waals surface area contributed by atoms with Crippen LogP contribution in [-0.4, -0.2) is 27.8 Å². The van der Waals surface area contributed by atoms with E-state index in [2.05, 4.69) is 25.5 Å². The number of nitrogens with one attached hydrogen (secondary N) is 1. The highest BCUT2D eigenvalue weighted by molar-refractivity contribution is 6.03. The predicted molar refractivity (Wildman–Crippen MR) is 99.3 cm³/mol. The van der Waals surface area contributed by atoms with Gasteiger partial charge in [0.1, 0.15) is 5.82 Å². The molecule has 1 unspecified atom stereocenters. The summed E-state index contributed by atoms with van der Waals surface area (Å²) in [5.74, 6) is 0.0843. The molecule has 2 amide bonds. The van der Waals surface area contributed by atoms with Gasteiger partial charge in [-0.3, -0.25) is 14.6 Å². The van der Waals surface area contributed by atoms with Gasteiger partial charge in [0.2, 0.25) is 0 Å². The van der Waals surface area contributed by atoms with E-state index in [0.717, 1.165) is 42.4 Å². The zero-order valence-electron chi connectivity index (χ0n) is 14.8. The molecule has 0 saturated heterocycles. The topological polar surface area (TPSA) is 96.7 Å². The molecule has 0 fully saturated rings. The molecule has 0 spiro atoms. The maximum atomic E-state index is 12.2. The van der Waals surface area contributed by atoms with Crippen molar-refractivity contribution in [3.8, 4) is 0 Å². The molecule has 1 aliphatic heterocycles. The monoisotopic (exact) mass is 361 g/mol. The zero-order chi connectivity index (χ0) is 18.6. The summed E-state index contributed by atoms with van der Waals surface area (Å²) in [7, 11) is 0. The highest BCUT2D eigenvalue weighted by Gasteiger charge is 2.28. The molecule has 1 N–H and O–H groups in total. The maximum absolute atomic E-state index is 12.2. The number of aromatic nitrogens is 2. The number of hydrogen-bond donors (Lipinski definition) is 1. The van der Waals surface area contributed by atoms with Crippen molar-refractivity contribution in [3.63, 3.8) is 0 Å². The number of nitrogens with zero attached hydrogens (tertiary/aromatic N) is 4. The third-order valence-corrected chi connectivity index (χ3v) is 4.90. The van der Waals surface area contributed by atoms with Crippen LogP contribution in [0.5, 0.6) is 0 Å². The van der Waals surface area contributed by atoms with Crippen LogP contribution in [0.15, 0.2) is 64.2 Å². The normalized spacial score (nSPS) is 19.0. The molecule has 2 aromatic rings. The predicted octanol–water partition coefficient (Wildman–Crippen LogP) is 3.50. The minimum Gasteiger partial charge on any atom is -0.307 e. The summed E-state index contributed by atoms with van der Waals surface area (Å²) >= 11 is 0. The number of rotatable bonds is 4. The fourth-order valence-electron chi connectivity index (χ4n) is 3.49. The smallest absolute Gasteiger partial charge is 0.291 e. The van der Waals surface area contributed by atoms with E-state index < -0.39 is 0 Å². The highest BCUT2D eigenvalue weighted by atomic mass is 16.2. The minimum atomic E-state index is -0.228. The number of amides is 2. The molecule has 7 nitrogen and oxygen atoms in total. The molecule has 7 heteroatoms. The molecule has 0 radical (unpaired) electrons. The Bertz CT molecular complexity index is 919. The molecule has 2 aromatic heterocycles. The van der Waals surface area contributed by atoms with Crippen molar-refractivity contribution in [2.24, 2.45) is 10.2 Å². The van der Waals surface area contributed by atoms with E-state index >= 15 is 0 Å². The van der Waals surface area contributed by atoms with E-state index in [1.165, 1.54) is 0 Å². The average molecular weight is 361 g/mol. The van der Waals surface area contributed by atoms with Crippen LogP contribution in [0, 0.1) is 0 Å². The van der Waals surface area contributed by atoms with E-state index in [9.17, 15) is 9.59 Å². The Morgan fingerprint density at radius 1 is 1.11 bits per heavy atom. The average Bonchev–Trinajstić information content (AvgIpc) is 2.72. The van der Waals surface area contributed by atoms with Crippen molar-refractivity contribution in [1.82, 2.24) is 9.97 Å². The van der Waals surface area contributed by atoms with Crippen LogP contribution in [0.2, 0.25) is 0 Å². The van der Waals surface area contributed by atoms with Gasteiger partial charge in [-0.2, -0.15) is 5.11 Å². The van der Waals surface area contributed by atoms with Gasteiger partial charge < -0.3 is 5.32 Å². The lowest BCUT2D eigenvalue weighted by Gasteiger charge is -2.25. The van der Waals surface area contributed by atoms with Crippen molar-refractivity contribution in [1.29, 1.82) is 0 Å². The number of azo groups is 1. The Balaban J connectivity index is 1.44. The van der Waals surface area contributed by atoms with Crippen molar-refractivity contribution >= 4 is 17.6 Å². The van der Waals surface area contributed by atoms with Crippen molar-refractivity contribution in [3.05, 3.63) is 65.1 Å². The number of carbonyl (C=O) groups is 2. The quantitative estimate of drug-likeness (QED) is 0.901. The van der Waals surface area contributed by atoms with Gasteiger partial charge >= 0.3 is 0 Å². The van der Waals surface area contributed by atoms with Crippen LogP contribution in [0.1, 0.15) is 41.6 Å². The van der Waals surface area contributed by atoms with E-state index in [1.54, 1.807) is 36.8 Å². The van der Waals surface area contributed by atoms with Crippen molar-refractivity contribution in [2.45, 2.75) is 38.1 Å². The van der Waals surface area contributed by atoms with Gasteiger partial charge in [0.05, 0.1) is 6.04 Å². The van der Waals surface area contributed by atoms with Crippen LogP contribution in [0.4, 0.5) is 5.82 Å². The van der Waals surface area contributed by atoms with Gasteiger partial charge in [0.25, 0.3) is 11.8 Å². The first kappa shape index (κ1) is 17.2. The van der Waals surface area contributed by atoms with Crippen molar-refractivity contribution in [2.75, 3.05) is 5.32 Å². The maximum Gasteiger partial charge on any atom is 0.291 e. The summed E-state index contributed by atoms with van der Waals surface area (Å²) in [6.07, 6.45) is 9.39. The molecule has 2 aliphatic rings. The Morgan fingerprint density at radius 3 is 2.70 bits per heavy atom. The van der Waals surface area contributed by atoms with Crippen LogP contribution >= 0.6 is 0 Å². The Morgan fingerprint density at radius 2 is 1.93 bits per heavy atom. The second kappa shape index (κ2) is 7.57. The van der Waals surface area contributed by atoms with Crippen LogP contribution in [0.3, 0.4) is 0 Å². The zero-order valence-corrected chi connectivity index (χ0v) is 14.8. The fourth-order valence-corrected chi connectivity index (χ4v) is 3.49. The summed E-state index contributed by atoms with van der Waals surface area (Å²) < 4.78 is 0. The number of hydrogen-bond acceptors (Lipinski definition) is 5. The third kappa shape index (κ3) is 3.81. The van der Waals surface area contributed by atoms with E-state index in [1.807, 2.05) is 6.07 Å².